The van der Waals surface area contributed by atoms with Crippen LogP contribution in [0.3, 0.4) is 0 Å². The number of rotatable bonds is 2. The number of nitrogens with zero attached hydrogens (tertiary/aromatic N) is 4. The zero-order chi connectivity index (χ0) is 11.7. The molecular formula is C13H20N4. The van der Waals surface area contributed by atoms with Crippen molar-refractivity contribution < 1.29 is 0 Å². The first kappa shape index (κ1) is 10.8. The summed E-state index contributed by atoms with van der Waals surface area (Å²) >= 11 is 0. The van der Waals surface area contributed by atoms with E-state index in [9.17, 15) is 0 Å². The van der Waals surface area contributed by atoms with Gasteiger partial charge in [-0.05, 0) is 32.6 Å². The van der Waals surface area contributed by atoms with Crippen molar-refractivity contribution in [3.8, 4) is 0 Å². The summed E-state index contributed by atoms with van der Waals surface area (Å²) in [5.74, 6) is 3.14. The van der Waals surface area contributed by atoms with Gasteiger partial charge < -0.3 is 9.80 Å². The van der Waals surface area contributed by atoms with Gasteiger partial charge in [-0.1, -0.05) is 0 Å². The maximum Gasteiger partial charge on any atom is 0.134 e. The summed E-state index contributed by atoms with van der Waals surface area (Å²) in [4.78, 5) is 13.9. The first-order valence-corrected chi connectivity index (χ1v) is 6.68. The Morgan fingerprint density at radius 2 is 1.24 bits per heavy atom. The third kappa shape index (κ3) is 2.21. The predicted octanol–water partition coefficient (Wildman–Crippen LogP) is 1.99. The zero-order valence-corrected chi connectivity index (χ0v) is 10.5. The number of aryl methyl sites for hydroxylation is 1. The van der Waals surface area contributed by atoms with Gasteiger partial charge >= 0.3 is 0 Å². The summed E-state index contributed by atoms with van der Waals surface area (Å²) in [7, 11) is 0. The molecule has 0 N–H and O–H groups in total. The van der Waals surface area contributed by atoms with Crippen molar-refractivity contribution in [2.45, 2.75) is 32.6 Å². The lowest BCUT2D eigenvalue weighted by molar-refractivity contribution is 0.876. The molecule has 4 nitrogen and oxygen atoms in total. The molecule has 2 fully saturated rings. The number of hydrogen-bond donors (Lipinski definition) is 0. The van der Waals surface area contributed by atoms with Gasteiger partial charge in [-0.15, -0.1) is 0 Å². The van der Waals surface area contributed by atoms with Gasteiger partial charge in [0, 0.05) is 32.2 Å². The van der Waals surface area contributed by atoms with E-state index in [0.717, 1.165) is 43.6 Å². The maximum atomic E-state index is 4.58. The molecule has 0 aromatic carbocycles. The van der Waals surface area contributed by atoms with Crippen LogP contribution in [0.5, 0.6) is 0 Å². The van der Waals surface area contributed by atoms with Crippen molar-refractivity contribution in [3.05, 3.63) is 11.9 Å². The summed E-state index contributed by atoms with van der Waals surface area (Å²) in [5.41, 5.74) is 0. The van der Waals surface area contributed by atoms with Crippen LogP contribution in [-0.4, -0.2) is 36.1 Å². The SMILES string of the molecule is Cc1nc(N2CCCC2)cc(N2CCCC2)n1. The Kier molecular flexibility index (Phi) is 2.87. The topological polar surface area (TPSA) is 32.3 Å². The Balaban J connectivity index is 1.88. The highest BCUT2D eigenvalue weighted by atomic mass is 15.2. The highest BCUT2D eigenvalue weighted by Crippen LogP contribution is 2.24. The third-order valence-electron chi connectivity index (χ3n) is 3.67. The average molecular weight is 232 g/mol. The molecule has 2 saturated heterocycles. The van der Waals surface area contributed by atoms with Crippen molar-refractivity contribution in [1.82, 2.24) is 9.97 Å². The number of anilines is 2. The van der Waals surface area contributed by atoms with Crippen molar-refractivity contribution in [2.24, 2.45) is 0 Å². The van der Waals surface area contributed by atoms with Gasteiger partial charge in [0.2, 0.25) is 0 Å². The van der Waals surface area contributed by atoms with Crippen molar-refractivity contribution >= 4 is 11.6 Å². The van der Waals surface area contributed by atoms with Crippen LogP contribution in [0.1, 0.15) is 31.5 Å². The van der Waals surface area contributed by atoms with Gasteiger partial charge in [-0.25, -0.2) is 9.97 Å². The van der Waals surface area contributed by atoms with E-state index in [1.165, 1.54) is 25.7 Å². The molecule has 0 amide bonds. The third-order valence-corrected chi connectivity index (χ3v) is 3.67. The fourth-order valence-electron chi connectivity index (χ4n) is 2.75. The minimum Gasteiger partial charge on any atom is -0.356 e. The second-order valence-electron chi connectivity index (χ2n) is 5.02. The average Bonchev–Trinajstić information content (AvgIpc) is 3.02. The molecule has 3 heterocycles. The fourth-order valence-corrected chi connectivity index (χ4v) is 2.75. The molecule has 0 unspecified atom stereocenters. The minimum atomic E-state index is 0.899. The molecular weight excluding hydrogens is 212 g/mol. The van der Waals surface area contributed by atoms with Crippen LogP contribution in [-0.2, 0) is 0 Å². The molecule has 0 spiro atoms. The molecule has 0 radical (unpaired) electrons. The Morgan fingerprint density at radius 3 is 1.65 bits per heavy atom. The Bertz CT molecular complexity index is 358. The van der Waals surface area contributed by atoms with Gasteiger partial charge in [0.15, 0.2) is 0 Å². The van der Waals surface area contributed by atoms with Gasteiger partial charge in [0.25, 0.3) is 0 Å². The molecule has 0 aliphatic carbocycles. The lowest BCUT2D eigenvalue weighted by Gasteiger charge is -2.21. The van der Waals surface area contributed by atoms with E-state index in [4.69, 9.17) is 0 Å². The van der Waals surface area contributed by atoms with Gasteiger partial charge in [-0.3, -0.25) is 0 Å². The van der Waals surface area contributed by atoms with E-state index in [1.807, 2.05) is 6.92 Å². The quantitative estimate of drug-likeness (QED) is 0.780. The van der Waals surface area contributed by atoms with E-state index < -0.39 is 0 Å². The molecule has 0 saturated carbocycles. The number of aromatic nitrogens is 2. The Morgan fingerprint density at radius 1 is 0.824 bits per heavy atom. The highest BCUT2D eigenvalue weighted by molar-refractivity contribution is 5.51. The van der Waals surface area contributed by atoms with E-state index in [0.29, 0.717) is 0 Å². The molecule has 92 valence electrons. The van der Waals surface area contributed by atoms with Crippen LogP contribution >= 0.6 is 0 Å². The molecule has 3 rings (SSSR count). The smallest absolute Gasteiger partial charge is 0.134 e. The lowest BCUT2D eigenvalue weighted by Crippen LogP contribution is -2.23. The Labute approximate surface area is 103 Å². The van der Waals surface area contributed by atoms with E-state index in [-0.39, 0.29) is 0 Å². The van der Waals surface area contributed by atoms with Crippen LogP contribution < -0.4 is 9.80 Å². The molecule has 2 aliphatic rings. The Hall–Kier alpha value is -1.32. The standard InChI is InChI=1S/C13H20N4/c1-11-14-12(16-6-2-3-7-16)10-13(15-11)17-8-4-5-9-17/h10H,2-9H2,1H3. The number of hydrogen-bond acceptors (Lipinski definition) is 4. The summed E-state index contributed by atoms with van der Waals surface area (Å²) < 4.78 is 0. The second-order valence-corrected chi connectivity index (χ2v) is 5.02. The van der Waals surface area contributed by atoms with E-state index in [2.05, 4.69) is 25.8 Å². The molecule has 0 bridgehead atoms. The summed E-state index contributed by atoms with van der Waals surface area (Å²) in [6.45, 7) is 6.59. The normalized spacial score (nSPS) is 20.3. The first-order chi connectivity index (χ1) is 8.33. The highest BCUT2D eigenvalue weighted by Gasteiger charge is 2.18. The predicted molar refractivity (Wildman–Crippen MR) is 69.7 cm³/mol. The molecule has 4 heteroatoms. The molecule has 2 aliphatic heterocycles. The van der Waals surface area contributed by atoms with Crippen LogP contribution in [0.4, 0.5) is 11.6 Å². The molecule has 1 aromatic rings. The van der Waals surface area contributed by atoms with Crippen LogP contribution in [0.2, 0.25) is 0 Å². The monoisotopic (exact) mass is 232 g/mol. The van der Waals surface area contributed by atoms with Crippen molar-refractivity contribution in [2.75, 3.05) is 36.0 Å². The van der Waals surface area contributed by atoms with E-state index >= 15 is 0 Å². The zero-order valence-electron chi connectivity index (χ0n) is 10.5. The lowest BCUT2D eigenvalue weighted by atomic mass is 10.4. The van der Waals surface area contributed by atoms with Gasteiger partial charge in [0.05, 0.1) is 0 Å². The minimum absolute atomic E-state index is 0.899. The summed E-state index contributed by atoms with van der Waals surface area (Å²) in [6, 6.07) is 2.17. The van der Waals surface area contributed by atoms with Crippen molar-refractivity contribution in [1.29, 1.82) is 0 Å². The molecule has 17 heavy (non-hydrogen) atoms. The van der Waals surface area contributed by atoms with Gasteiger partial charge in [0.1, 0.15) is 17.5 Å². The molecule has 0 atom stereocenters. The first-order valence-electron chi connectivity index (χ1n) is 6.68. The van der Waals surface area contributed by atoms with Crippen LogP contribution in [0.25, 0.3) is 0 Å². The van der Waals surface area contributed by atoms with Crippen molar-refractivity contribution in [3.63, 3.8) is 0 Å². The van der Waals surface area contributed by atoms with E-state index in [1.54, 1.807) is 0 Å². The summed E-state index contributed by atoms with van der Waals surface area (Å²) in [6.07, 6.45) is 5.17. The molecule has 1 aromatic heterocycles. The van der Waals surface area contributed by atoms with Crippen LogP contribution in [0.15, 0.2) is 6.07 Å². The second kappa shape index (κ2) is 4.51. The van der Waals surface area contributed by atoms with Crippen LogP contribution in [0, 0.1) is 6.92 Å². The largest absolute Gasteiger partial charge is 0.356 e. The maximum absolute atomic E-state index is 4.58. The van der Waals surface area contributed by atoms with Gasteiger partial charge in [-0.2, -0.15) is 0 Å². The fraction of sp³-hybridized carbons (Fsp3) is 0.692. The summed E-state index contributed by atoms with van der Waals surface area (Å²) in [5, 5.41) is 0.